The standard InChI is InChI=1S/C62H54BN3OS/c1-60(2,3)37-23-28-41(29-24-37)65-48-33-27-39(62(7,8)9)35-46(48)63-55-50(36-49-53(57(55)65)43-19-13-15-21-47(43)64(49)40-17-11-10-12-18-40)66(42-30-25-38(26-31-42)61(4,5)6)56-45-32-34-52-54(58(45)68-59(56)63)44-20-14-16-22-51(44)67-52/h10-36H,1-9H3. The van der Waals surface area contributed by atoms with E-state index in [4.69, 9.17) is 4.42 Å². The van der Waals surface area contributed by atoms with Crippen molar-refractivity contribution >= 4 is 122 Å². The monoisotopic (exact) mass is 899 g/mol. The van der Waals surface area contributed by atoms with Crippen molar-refractivity contribution in [2.45, 2.75) is 78.6 Å². The van der Waals surface area contributed by atoms with Gasteiger partial charge < -0.3 is 18.8 Å². The van der Waals surface area contributed by atoms with Crippen LogP contribution in [0.2, 0.25) is 0 Å². The molecule has 2 aliphatic rings. The van der Waals surface area contributed by atoms with Gasteiger partial charge in [-0.15, -0.1) is 11.3 Å². The second-order valence-corrected chi connectivity index (χ2v) is 23.2. The van der Waals surface area contributed by atoms with Crippen LogP contribution < -0.4 is 25.5 Å². The average molecular weight is 900 g/mol. The zero-order chi connectivity index (χ0) is 46.6. The summed E-state index contributed by atoms with van der Waals surface area (Å²) in [5, 5.41) is 6.09. The van der Waals surface area contributed by atoms with Crippen LogP contribution in [0.25, 0.3) is 59.5 Å². The summed E-state index contributed by atoms with van der Waals surface area (Å²) < 4.78 is 11.7. The molecular weight excluding hydrogens is 846 g/mol. The Morgan fingerprint density at radius 3 is 1.69 bits per heavy atom. The molecule has 13 rings (SSSR count). The van der Waals surface area contributed by atoms with Crippen LogP contribution in [0.4, 0.5) is 34.1 Å². The van der Waals surface area contributed by atoms with Crippen molar-refractivity contribution in [2.24, 2.45) is 0 Å². The van der Waals surface area contributed by atoms with Gasteiger partial charge in [-0.05, 0) is 117 Å². The molecule has 6 heteroatoms. The largest absolute Gasteiger partial charge is 0.456 e. The Bertz CT molecular complexity index is 3850. The second-order valence-electron chi connectivity index (χ2n) is 22.2. The van der Waals surface area contributed by atoms with Crippen LogP contribution >= 0.6 is 11.3 Å². The minimum absolute atomic E-state index is 0.00587. The molecule has 2 aliphatic heterocycles. The van der Waals surface area contributed by atoms with E-state index < -0.39 is 0 Å². The predicted molar refractivity (Wildman–Crippen MR) is 294 cm³/mol. The lowest BCUT2D eigenvalue weighted by atomic mass is 9.36. The SMILES string of the molecule is CC(C)(C)c1ccc(N2c3cc4c(c5c3B(c3cc(C(C)(C)C)ccc3N5c3ccc(C(C)(C)C)cc3)c3sc5c(ccc6oc7ccccc7c65)c32)c2ccccc2n4-c2ccccc2)cc1. The fraction of sp³-hybridized carbons (Fsp3) is 0.194. The van der Waals surface area contributed by atoms with Crippen molar-refractivity contribution in [1.82, 2.24) is 4.57 Å². The van der Waals surface area contributed by atoms with Gasteiger partial charge in [-0.2, -0.15) is 0 Å². The minimum atomic E-state index is -0.0647. The summed E-state index contributed by atoms with van der Waals surface area (Å²) in [5.74, 6) is 0. The Balaban J connectivity index is 1.24. The molecule has 0 fully saturated rings. The molecule has 0 unspecified atom stereocenters. The van der Waals surface area contributed by atoms with E-state index in [2.05, 4.69) is 240 Å². The van der Waals surface area contributed by atoms with Crippen molar-refractivity contribution in [3.8, 4) is 5.69 Å². The number of nitrogens with zero attached hydrogens (tertiary/aromatic N) is 3. The molecule has 0 radical (unpaired) electrons. The van der Waals surface area contributed by atoms with Gasteiger partial charge in [0.25, 0.3) is 6.71 Å². The molecule has 8 aromatic carbocycles. The first-order chi connectivity index (χ1) is 32.6. The molecular formula is C62H54BN3OS. The third-order valence-corrected chi connectivity index (χ3v) is 16.1. The number of para-hydroxylation sites is 3. The summed E-state index contributed by atoms with van der Waals surface area (Å²) in [4.78, 5) is 5.24. The van der Waals surface area contributed by atoms with E-state index in [1.165, 1.54) is 92.4 Å². The summed E-state index contributed by atoms with van der Waals surface area (Å²) in [6.07, 6.45) is 0. The molecule has 68 heavy (non-hydrogen) atoms. The summed E-state index contributed by atoms with van der Waals surface area (Å²) in [7, 11) is 0. The molecule has 11 aromatic rings. The van der Waals surface area contributed by atoms with E-state index in [9.17, 15) is 0 Å². The molecule has 0 N–H and O–H groups in total. The summed E-state index contributed by atoms with van der Waals surface area (Å²) in [6.45, 7) is 20.8. The van der Waals surface area contributed by atoms with Crippen molar-refractivity contribution in [2.75, 3.05) is 9.80 Å². The molecule has 0 saturated heterocycles. The van der Waals surface area contributed by atoms with Gasteiger partial charge in [0.05, 0.1) is 22.4 Å². The summed E-state index contributed by atoms with van der Waals surface area (Å²) >= 11 is 1.96. The van der Waals surface area contributed by atoms with Crippen molar-refractivity contribution < 1.29 is 4.42 Å². The molecule has 332 valence electrons. The zero-order valence-corrected chi connectivity index (χ0v) is 41.1. The Labute approximate surface area is 403 Å². The maximum atomic E-state index is 6.62. The minimum Gasteiger partial charge on any atom is -0.456 e. The smallest absolute Gasteiger partial charge is 0.264 e. The van der Waals surface area contributed by atoms with Crippen LogP contribution in [0.5, 0.6) is 0 Å². The van der Waals surface area contributed by atoms with E-state index >= 15 is 0 Å². The predicted octanol–water partition coefficient (Wildman–Crippen LogP) is 15.9. The van der Waals surface area contributed by atoms with E-state index in [0.29, 0.717) is 0 Å². The van der Waals surface area contributed by atoms with Crippen LogP contribution in [0.1, 0.15) is 79.0 Å². The normalized spacial score (nSPS) is 13.9. The Hall–Kier alpha value is -7.02. The molecule has 3 aromatic heterocycles. The number of anilines is 6. The number of fused-ring (bicyclic) bond motifs is 14. The number of rotatable bonds is 3. The molecule has 0 bridgehead atoms. The maximum Gasteiger partial charge on any atom is 0.264 e. The molecule has 0 spiro atoms. The molecule has 0 atom stereocenters. The first kappa shape index (κ1) is 41.2. The fourth-order valence-electron chi connectivity index (χ4n) is 11.3. The number of aromatic nitrogens is 1. The maximum absolute atomic E-state index is 6.62. The van der Waals surface area contributed by atoms with Gasteiger partial charge in [0.1, 0.15) is 11.2 Å². The zero-order valence-electron chi connectivity index (χ0n) is 40.3. The molecule has 5 heterocycles. The number of hydrogen-bond donors (Lipinski definition) is 0. The summed E-state index contributed by atoms with van der Waals surface area (Å²) in [6, 6.07) is 61.8. The highest BCUT2D eigenvalue weighted by molar-refractivity contribution is 7.34. The van der Waals surface area contributed by atoms with Gasteiger partial charge in [0.15, 0.2) is 0 Å². The van der Waals surface area contributed by atoms with Crippen LogP contribution in [0.15, 0.2) is 168 Å². The van der Waals surface area contributed by atoms with Crippen molar-refractivity contribution in [3.63, 3.8) is 0 Å². The lowest BCUT2D eigenvalue weighted by Crippen LogP contribution is -2.60. The number of benzene rings is 8. The van der Waals surface area contributed by atoms with Crippen LogP contribution in [-0.2, 0) is 16.2 Å². The van der Waals surface area contributed by atoms with E-state index in [0.717, 1.165) is 33.6 Å². The molecule has 0 amide bonds. The van der Waals surface area contributed by atoms with Crippen molar-refractivity contribution in [1.29, 1.82) is 0 Å². The van der Waals surface area contributed by atoms with Crippen LogP contribution in [-0.4, -0.2) is 11.3 Å². The average Bonchev–Trinajstić information content (AvgIpc) is 4.00. The van der Waals surface area contributed by atoms with Gasteiger partial charge in [-0.1, -0.05) is 153 Å². The quantitative estimate of drug-likeness (QED) is 0.165. The van der Waals surface area contributed by atoms with Gasteiger partial charge in [0.2, 0.25) is 0 Å². The highest BCUT2D eigenvalue weighted by Gasteiger charge is 2.47. The number of hydrogen-bond acceptors (Lipinski definition) is 4. The topological polar surface area (TPSA) is 24.6 Å². The van der Waals surface area contributed by atoms with E-state index in [-0.39, 0.29) is 23.0 Å². The first-order valence-corrected chi connectivity index (χ1v) is 24.9. The van der Waals surface area contributed by atoms with Gasteiger partial charge in [0, 0.05) is 64.8 Å². The third-order valence-electron chi connectivity index (χ3n) is 14.8. The van der Waals surface area contributed by atoms with Gasteiger partial charge >= 0.3 is 0 Å². The highest BCUT2D eigenvalue weighted by Crippen LogP contribution is 2.53. The van der Waals surface area contributed by atoms with E-state index in [1.807, 2.05) is 11.3 Å². The third kappa shape index (κ3) is 5.92. The number of furan rings is 1. The molecule has 0 aliphatic carbocycles. The van der Waals surface area contributed by atoms with Crippen molar-refractivity contribution in [3.05, 3.63) is 180 Å². The Morgan fingerprint density at radius 1 is 0.441 bits per heavy atom. The fourth-order valence-corrected chi connectivity index (χ4v) is 12.8. The Kier molecular flexibility index (Phi) is 8.64. The van der Waals surface area contributed by atoms with Crippen LogP contribution in [0.3, 0.4) is 0 Å². The number of thiophene rings is 1. The lowest BCUT2D eigenvalue weighted by molar-refractivity contribution is 0.590. The second kappa shape index (κ2) is 14.3. The van der Waals surface area contributed by atoms with Crippen LogP contribution in [0, 0.1) is 0 Å². The molecule has 4 nitrogen and oxygen atoms in total. The summed E-state index contributed by atoms with van der Waals surface area (Å²) in [5.41, 5.74) is 19.2. The molecule has 0 saturated carbocycles. The Morgan fingerprint density at radius 2 is 1.03 bits per heavy atom. The lowest BCUT2D eigenvalue weighted by Gasteiger charge is -2.44. The first-order valence-electron chi connectivity index (χ1n) is 24.1. The van der Waals surface area contributed by atoms with Gasteiger partial charge in [-0.3, -0.25) is 0 Å². The highest BCUT2D eigenvalue weighted by atomic mass is 32.1. The van der Waals surface area contributed by atoms with E-state index in [1.54, 1.807) is 0 Å². The van der Waals surface area contributed by atoms with Gasteiger partial charge in [-0.25, -0.2) is 0 Å².